The molecule has 0 bridgehead atoms. The average molecular weight is 154 g/mol. The van der Waals surface area contributed by atoms with Gasteiger partial charge in [0.1, 0.15) is 0 Å². The number of nitrogens with two attached hydrogens (primary N) is 1. The Morgan fingerprint density at radius 2 is 2.55 bits per heavy atom. The van der Waals surface area contributed by atoms with Gasteiger partial charge in [-0.25, -0.2) is 4.79 Å². The molecule has 0 spiro atoms. The number of rotatable bonds is 2. The van der Waals surface area contributed by atoms with Crippen LogP contribution in [0.2, 0.25) is 0 Å². The smallest absolute Gasteiger partial charge is 0.312 e. The lowest BCUT2D eigenvalue weighted by Crippen LogP contribution is -2.31. The van der Waals surface area contributed by atoms with E-state index in [1.165, 1.54) is 0 Å². The van der Waals surface area contributed by atoms with Crippen LogP contribution in [0.1, 0.15) is 18.5 Å². The number of nitrogens with one attached hydrogen (secondary N) is 1. The molecular formula is C7H10N2O2. The van der Waals surface area contributed by atoms with Gasteiger partial charge in [-0.3, -0.25) is 0 Å². The largest absolute Gasteiger partial charge is 0.472 e. The van der Waals surface area contributed by atoms with Gasteiger partial charge in [-0.05, 0) is 13.0 Å². The van der Waals surface area contributed by atoms with Gasteiger partial charge >= 0.3 is 6.03 Å². The Hall–Kier alpha value is -1.45. The minimum absolute atomic E-state index is 0.0914. The summed E-state index contributed by atoms with van der Waals surface area (Å²) in [4.78, 5) is 10.4. The Labute approximate surface area is 64.4 Å². The molecule has 0 aliphatic rings. The summed E-state index contributed by atoms with van der Waals surface area (Å²) in [6.45, 7) is 1.83. The molecule has 0 saturated heterocycles. The molecule has 1 unspecified atom stereocenters. The van der Waals surface area contributed by atoms with Crippen LogP contribution >= 0.6 is 0 Å². The summed E-state index contributed by atoms with van der Waals surface area (Å²) >= 11 is 0. The summed E-state index contributed by atoms with van der Waals surface area (Å²) in [5.41, 5.74) is 5.83. The zero-order valence-electron chi connectivity index (χ0n) is 6.20. The van der Waals surface area contributed by atoms with Crippen molar-refractivity contribution in [2.75, 3.05) is 0 Å². The molecule has 0 aliphatic heterocycles. The van der Waals surface area contributed by atoms with Gasteiger partial charge < -0.3 is 15.5 Å². The highest BCUT2D eigenvalue weighted by molar-refractivity contribution is 5.72. The van der Waals surface area contributed by atoms with E-state index in [0.717, 1.165) is 5.56 Å². The van der Waals surface area contributed by atoms with Crippen molar-refractivity contribution < 1.29 is 9.21 Å². The van der Waals surface area contributed by atoms with Crippen molar-refractivity contribution >= 4 is 6.03 Å². The number of primary amides is 1. The summed E-state index contributed by atoms with van der Waals surface area (Å²) in [6, 6.07) is 1.16. The van der Waals surface area contributed by atoms with E-state index in [4.69, 9.17) is 10.2 Å². The molecule has 0 fully saturated rings. The fourth-order valence-electron chi connectivity index (χ4n) is 0.818. The fourth-order valence-corrected chi connectivity index (χ4v) is 0.818. The van der Waals surface area contributed by atoms with Crippen LogP contribution in [0.3, 0.4) is 0 Å². The molecule has 0 aromatic carbocycles. The van der Waals surface area contributed by atoms with E-state index >= 15 is 0 Å². The quantitative estimate of drug-likeness (QED) is 0.667. The summed E-state index contributed by atoms with van der Waals surface area (Å²) in [7, 11) is 0. The topological polar surface area (TPSA) is 68.3 Å². The van der Waals surface area contributed by atoms with E-state index in [9.17, 15) is 4.79 Å². The summed E-state index contributed by atoms with van der Waals surface area (Å²) < 4.78 is 4.83. The van der Waals surface area contributed by atoms with Gasteiger partial charge in [0.05, 0.1) is 18.6 Å². The van der Waals surface area contributed by atoms with Crippen molar-refractivity contribution in [3.05, 3.63) is 24.2 Å². The van der Waals surface area contributed by atoms with Gasteiger partial charge in [0.25, 0.3) is 0 Å². The number of hydrogen-bond donors (Lipinski definition) is 2. The first-order valence-corrected chi connectivity index (χ1v) is 3.28. The molecule has 4 heteroatoms. The Morgan fingerprint density at radius 1 is 1.82 bits per heavy atom. The maximum absolute atomic E-state index is 10.4. The molecule has 60 valence electrons. The highest BCUT2D eigenvalue weighted by Gasteiger charge is 2.06. The highest BCUT2D eigenvalue weighted by atomic mass is 16.3. The molecule has 1 atom stereocenters. The van der Waals surface area contributed by atoms with E-state index in [-0.39, 0.29) is 6.04 Å². The van der Waals surface area contributed by atoms with Crippen molar-refractivity contribution in [3.63, 3.8) is 0 Å². The molecule has 1 aromatic heterocycles. The number of urea groups is 1. The van der Waals surface area contributed by atoms with Crippen LogP contribution in [-0.2, 0) is 0 Å². The van der Waals surface area contributed by atoms with Crippen LogP contribution in [-0.4, -0.2) is 6.03 Å². The Balaban J connectivity index is 2.56. The van der Waals surface area contributed by atoms with Gasteiger partial charge in [0.2, 0.25) is 0 Å². The molecule has 0 saturated carbocycles. The van der Waals surface area contributed by atoms with Crippen molar-refractivity contribution in [1.82, 2.24) is 5.32 Å². The third kappa shape index (κ3) is 2.00. The van der Waals surface area contributed by atoms with Gasteiger partial charge in [0, 0.05) is 5.56 Å². The lowest BCUT2D eigenvalue weighted by atomic mass is 10.2. The van der Waals surface area contributed by atoms with Crippen LogP contribution < -0.4 is 11.1 Å². The normalized spacial score (nSPS) is 12.5. The van der Waals surface area contributed by atoms with E-state index in [1.807, 2.05) is 6.92 Å². The number of carbonyl (C=O) groups is 1. The number of amides is 2. The number of furan rings is 1. The minimum atomic E-state index is -0.529. The van der Waals surface area contributed by atoms with Gasteiger partial charge in [-0.15, -0.1) is 0 Å². The van der Waals surface area contributed by atoms with Gasteiger partial charge in [-0.2, -0.15) is 0 Å². The van der Waals surface area contributed by atoms with E-state index in [0.29, 0.717) is 0 Å². The first kappa shape index (κ1) is 7.65. The Bertz CT molecular complexity index is 231. The van der Waals surface area contributed by atoms with E-state index < -0.39 is 6.03 Å². The molecule has 4 nitrogen and oxygen atoms in total. The lowest BCUT2D eigenvalue weighted by Gasteiger charge is -2.08. The zero-order valence-corrected chi connectivity index (χ0v) is 6.20. The van der Waals surface area contributed by atoms with Crippen LogP contribution in [0, 0.1) is 0 Å². The van der Waals surface area contributed by atoms with Crippen LogP contribution in [0.15, 0.2) is 23.0 Å². The standard InChI is InChI=1S/C7H10N2O2/c1-5(9-7(8)10)6-2-3-11-4-6/h2-5H,1H3,(H3,8,9,10). The molecule has 1 rings (SSSR count). The number of hydrogen-bond acceptors (Lipinski definition) is 2. The maximum Gasteiger partial charge on any atom is 0.312 e. The zero-order chi connectivity index (χ0) is 8.27. The lowest BCUT2D eigenvalue weighted by molar-refractivity contribution is 0.246. The van der Waals surface area contributed by atoms with Crippen LogP contribution in [0.5, 0.6) is 0 Å². The Morgan fingerprint density at radius 3 is 3.00 bits per heavy atom. The second-order valence-corrected chi connectivity index (χ2v) is 2.29. The maximum atomic E-state index is 10.4. The predicted octanol–water partition coefficient (Wildman–Crippen LogP) is 1.01. The molecule has 0 aliphatic carbocycles. The third-order valence-electron chi connectivity index (χ3n) is 1.40. The number of carbonyl (C=O) groups excluding carboxylic acids is 1. The summed E-state index contributed by atoms with van der Waals surface area (Å²) in [5, 5.41) is 2.52. The first-order chi connectivity index (χ1) is 5.20. The van der Waals surface area contributed by atoms with E-state index in [2.05, 4.69) is 5.32 Å². The molecule has 1 aromatic rings. The summed E-state index contributed by atoms with van der Waals surface area (Å²) in [5.74, 6) is 0. The average Bonchev–Trinajstić information content (AvgIpc) is 2.35. The molecule has 1 heterocycles. The van der Waals surface area contributed by atoms with Crippen molar-refractivity contribution in [3.8, 4) is 0 Å². The summed E-state index contributed by atoms with van der Waals surface area (Å²) in [6.07, 6.45) is 3.12. The molecule has 3 N–H and O–H groups in total. The molecule has 11 heavy (non-hydrogen) atoms. The molecular weight excluding hydrogens is 144 g/mol. The SMILES string of the molecule is CC(NC(N)=O)c1ccoc1. The monoisotopic (exact) mass is 154 g/mol. The van der Waals surface area contributed by atoms with Crippen LogP contribution in [0.25, 0.3) is 0 Å². The molecule has 2 amide bonds. The Kier molecular flexibility index (Phi) is 2.15. The van der Waals surface area contributed by atoms with Gasteiger partial charge in [-0.1, -0.05) is 0 Å². The van der Waals surface area contributed by atoms with Gasteiger partial charge in [0.15, 0.2) is 0 Å². The predicted molar refractivity (Wildman–Crippen MR) is 39.8 cm³/mol. The second-order valence-electron chi connectivity index (χ2n) is 2.29. The van der Waals surface area contributed by atoms with Crippen molar-refractivity contribution in [2.24, 2.45) is 5.73 Å². The first-order valence-electron chi connectivity index (χ1n) is 3.28. The second kappa shape index (κ2) is 3.09. The minimum Gasteiger partial charge on any atom is -0.472 e. The highest BCUT2D eigenvalue weighted by Crippen LogP contribution is 2.11. The fraction of sp³-hybridized carbons (Fsp3) is 0.286. The molecule has 0 radical (unpaired) electrons. The van der Waals surface area contributed by atoms with Crippen molar-refractivity contribution in [1.29, 1.82) is 0 Å². The van der Waals surface area contributed by atoms with Crippen LogP contribution in [0.4, 0.5) is 4.79 Å². The van der Waals surface area contributed by atoms with Crippen molar-refractivity contribution in [2.45, 2.75) is 13.0 Å². The van der Waals surface area contributed by atoms with E-state index in [1.54, 1.807) is 18.6 Å². The third-order valence-corrected chi connectivity index (χ3v) is 1.40.